The second-order valence-corrected chi connectivity index (χ2v) is 4.57. The van der Waals surface area contributed by atoms with Crippen LogP contribution in [0.15, 0.2) is 36.9 Å². The van der Waals surface area contributed by atoms with Crippen LogP contribution in [0.4, 0.5) is 0 Å². The Morgan fingerprint density at radius 3 is 2.71 bits per heavy atom. The van der Waals surface area contributed by atoms with Crippen LogP contribution in [0.3, 0.4) is 0 Å². The number of benzene rings is 1. The molecule has 0 saturated carbocycles. The third kappa shape index (κ3) is 1.39. The fraction of sp³-hybridized carbons (Fsp3) is 0.429. The van der Waals surface area contributed by atoms with E-state index in [2.05, 4.69) is 50.8 Å². The summed E-state index contributed by atoms with van der Waals surface area (Å²) in [7, 11) is 0. The van der Waals surface area contributed by atoms with Gasteiger partial charge in [0.1, 0.15) is 0 Å². The first-order chi connectivity index (χ1) is 6.74. The molecule has 0 bridgehead atoms. The lowest BCUT2D eigenvalue weighted by Crippen LogP contribution is -2.12. The molecule has 0 heteroatoms. The summed E-state index contributed by atoms with van der Waals surface area (Å²) in [5.74, 6) is 2.07. The maximum Gasteiger partial charge on any atom is 0.00519 e. The number of hydrogen-bond acceptors (Lipinski definition) is 0. The van der Waals surface area contributed by atoms with Crippen LogP contribution in [-0.2, 0) is 6.42 Å². The Balaban J connectivity index is 2.38. The van der Waals surface area contributed by atoms with Crippen molar-refractivity contribution in [3.8, 4) is 0 Å². The summed E-state index contributed by atoms with van der Waals surface area (Å²) in [5, 5.41) is 0. The third-order valence-electron chi connectivity index (χ3n) is 3.44. The summed E-state index contributed by atoms with van der Waals surface area (Å²) < 4.78 is 0. The molecule has 0 aromatic heterocycles. The smallest absolute Gasteiger partial charge is 0.00519 e. The zero-order valence-corrected chi connectivity index (χ0v) is 9.03. The average molecular weight is 186 g/mol. The Bertz CT molecular complexity index is 336. The first kappa shape index (κ1) is 9.51. The van der Waals surface area contributed by atoms with Gasteiger partial charge < -0.3 is 0 Å². The van der Waals surface area contributed by atoms with Crippen molar-refractivity contribution >= 4 is 0 Å². The summed E-state index contributed by atoms with van der Waals surface area (Å²) in [6.07, 6.45) is 3.35. The standard InChI is InChI=1S/C14H18/c1-4-12-13-8-6-5-7-11(13)9-14(12)10(2)3/h4-8,10,12,14H,1,9H2,2-3H3. The molecule has 1 aliphatic carbocycles. The molecule has 74 valence electrons. The molecule has 1 aromatic carbocycles. The first-order valence-electron chi connectivity index (χ1n) is 5.44. The van der Waals surface area contributed by atoms with Crippen molar-refractivity contribution in [1.82, 2.24) is 0 Å². The molecular formula is C14H18. The zero-order valence-electron chi connectivity index (χ0n) is 9.03. The second kappa shape index (κ2) is 3.61. The molecule has 0 fully saturated rings. The molecule has 0 aliphatic heterocycles. The molecule has 1 aromatic rings. The lowest BCUT2D eigenvalue weighted by atomic mass is 9.84. The molecule has 2 atom stereocenters. The monoisotopic (exact) mass is 186 g/mol. The highest BCUT2D eigenvalue weighted by molar-refractivity contribution is 5.38. The summed E-state index contributed by atoms with van der Waals surface area (Å²) in [6, 6.07) is 8.79. The third-order valence-corrected chi connectivity index (χ3v) is 3.44. The average Bonchev–Trinajstić information content (AvgIpc) is 2.56. The quantitative estimate of drug-likeness (QED) is 0.616. The van der Waals surface area contributed by atoms with E-state index in [9.17, 15) is 0 Å². The van der Waals surface area contributed by atoms with Gasteiger partial charge in [-0.05, 0) is 29.4 Å². The minimum Gasteiger partial charge on any atom is -0.102 e. The van der Waals surface area contributed by atoms with E-state index in [4.69, 9.17) is 0 Å². The van der Waals surface area contributed by atoms with Crippen LogP contribution in [0.5, 0.6) is 0 Å². The number of fused-ring (bicyclic) bond motifs is 1. The maximum absolute atomic E-state index is 3.97. The van der Waals surface area contributed by atoms with Gasteiger partial charge in [0, 0.05) is 5.92 Å². The van der Waals surface area contributed by atoms with Gasteiger partial charge >= 0.3 is 0 Å². The lowest BCUT2D eigenvalue weighted by Gasteiger charge is -2.20. The predicted molar refractivity (Wildman–Crippen MR) is 61.4 cm³/mol. The molecule has 0 nitrogen and oxygen atoms in total. The topological polar surface area (TPSA) is 0 Å². The fourth-order valence-electron chi connectivity index (χ4n) is 2.61. The summed E-state index contributed by atoms with van der Waals surface area (Å²) in [4.78, 5) is 0. The van der Waals surface area contributed by atoms with Crippen LogP contribution in [0.1, 0.15) is 30.9 Å². The van der Waals surface area contributed by atoms with Crippen molar-refractivity contribution in [3.63, 3.8) is 0 Å². The summed E-state index contributed by atoms with van der Waals surface area (Å²) in [6.45, 7) is 8.60. The molecule has 0 heterocycles. The van der Waals surface area contributed by atoms with Crippen molar-refractivity contribution in [2.75, 3.05) is 0 Å². The number of hydrogen-bond donors (Lipinski definition) is 0. The summed E-state index contributed by atoms with van der Waals surface area (Å²) >= 11 is 0. The van der Waals surface area contributed by atoms with Gasteiger partial charge in [-0.3, -0.25) is 0 Å². The van der Waals surface area contributed by atoms with Crippen LogP contribution in [0.2, 0.25) is 0 Å². The number of allylic oxidation sites excluding steroid dienone is 1. The van der Waals surface area contributed by atoms with Crippen LogP contribution < -0.4 is 0 Å². The van der Waals surface area contributed by atoms with Gasteiger partial charge in [-0.15, -0.1) is 6.58 Å². The molecule has 1 aliphatic rings. The lowest BCUT2D eigenvalue weighted by molar-refractivity contribution is 0.375. The highest BCUT2D eigenvalue weighted by atomic mass is 14.4. The molecule has 0 amide bonds. The Hall–Kier alpha value is -1.04. The van der Waals surface area contributed by atoms with Gasteiger partial charge in [-0.2, -0.15) is 0 Å². The van der Waals surface area contributed by atoms with E-state index in [0.717, 1.165) is 11.8 Å². The summed E-state index contributed by atoms with van der Waals surface area (Å²) in [5.41, 5.74) is 3.03. The predicted octanol–water partition coefficient (Wildman–Crippen LogP) is 3.78. The highest BCUT2D eigenvalue weighted by Gasteiger charge is 2.31. The molecule has 0 spiro atoms. The zero-order chi connectivity index (χ0) is 10.1. The van der Waals surface area contributed by atoms with Crippen molar-refractivity contribution in [3.05, 3.63) is 48.0 Å². The van der Waals surface area contributed by atoms with E-state index in [1.165, 1.54) is 17.5 Å². The molecule has 2 unspecified atom stereocenters. The van der Waals surface area contributed by atoms with Gasteiger partial charge in [0.15, 0.2) is 0 Å². The van der Waals surface area contributed by atoms with Gasteiger partial charge in [0.05, 0.1) is 0 Å². The Morgan fingerprint density at radius 1 is 1.36 bits per heavy atom. The molecule has 14 heavy (non-hydrogen) atoms. The van der Waals surface area contributed by atoms with Crippen molar-refractivity contribution < 1.29 is 0 Å². The van der Waals surface area contributed by atoms with Crippen LogP contribution in [0.25, 0.3) is 0 Å². The van der Waals surface area contributed by atoms with Gasteiger partial charge in [0.25, 0.3) is 0 Å². The van der Waals surface area contributed by atoms with E-state index in [1.54, 1.807) is 0 Å². The van der Waals surface area contributed by atoms with Crippen LogP contribution in [0, 0.1) is 11.8 Å². The molecule has 2 rings (SSSR count). The van der Waals surface area contributed by atoms with Gasteiger partial charge in [0.2, 0.25) is 0 Å². The molecular weight excluding hydrogens is 168 g/mol. The molecule has 0 radical (unpaired) electrons. The van der Waals surface area contributed by atoms with E-state index in [1.807, 2.05) is 0 Å². The largest absolute Gasteiger partial charge is 0.102 e. The number of rotatable bonds is 2. The minimum absolute atomic E-state index is 0.575. The SMILES string of the molecule is C=CC1c2ccccc2CC1C(C)C. The fourth-order valence-corrected chi connectivity index (χ4v) is 2.61. The van der Waals surface area contributed by atoms with Crippen LogP contribution in [-0.4, -0.2) is 0 Å². The van der Waals surface area contributed by atoms with Gasteiger partial charge in [-0.25, -0.2) is 0 Å². The van der Waals surface area contributed by atoms with Crippen molar-refractivity contribution in [1.29, 1.82) is 0 Å². The molecule has 0 saturated heterocycles. The normalized spacial score (nSPS) is 25.1. The Kier molecular flexibility index (Phi) is 2.45. The van der Waals surface area contributed by atoms with Crippen molar-refractivity contribution in [2.45, 2.75) is 26.2 Å². The molecule has 0 N–H and O–H groups in total. The van der Waals surface area contributed by atoms with Gasteiger partial charge in [-0.1, -0.05) is 44.2 Å². The minimum atomic E-state index is 0.575. The van der Waals surface area contributed by atoms with E-state index in [-0.39, 0.29) is 0 Å². The first-order valence-corrected chi connectivity index (χ1v) is 5.44. The van der Waals surface area contributed by atoms with E-state index < -0.39 is 0 Å². The Labute approximate surface area is 86.7 Å². The van der Waals surface area contributed by atoms with E-state index in [0.29, 0.717) is 5.92 Å². The van der Waals surface area contributed by atoms with E-state index >= 15 is 0 Å². The van der Waals surface area contributed by atoms with Crippen LogP contribution >= 0.6 is 0 Å². The second-order valence-electron chi connectivity index (χ2n) is 4.57. The maximum atomic E-state index is 3.97. The Morgan fingerprint density at radius 2 is 2.07 bits per heavy atom. The van der Waals surface area contributed by atoms with Crippen molar-refractivity contribution in [2.24, 2.45) is 11.8 Å². The highest BCUT2D eigenvalue weighted by Crippen LogP contribution is 2.42.